The predicted molar refractivity (Wildman–Crippen MR) is 126 cm³/mol. The maximum absolute atomic E-state index is 12.9. The zero-order chi connectivity index (χ0) is 21.8. The molecule has 154 valence electrons. The van der Waals surface area contributed by atoms with Crippen molar-refractivity contribution in [2.24, 2.45) is 0 Å². The van der Waals surface area contributed by atoms with Crippen LogP contribution in [0.5, 0.6) is 0 Å². The molecule has 3 aromatic carbocycles. The summed E-state index contributed by atoms with van der Waals surface area (Å²) in [5, 5.41) is 0.761. The van der Waals surface area contributed by atoms with Gasteiger partial charge in [-0.05, 0) is 36.4 Å². The Kier molecular flexibility index (Phi) is 6.21. The number of benzene rings is 3. The van der Waals surface area contributed by atoms with Crippen LogP contribution in [0.3, 0.4) is 0 Å². The number of imidazole rings is 1. The molecule has 0 bridgehead atoms. The SMILES string of the molecule is C=CCn1c(/C=C(/OC(=O)c2ccccc2Cl)c2ccccc2Cl)nc2ccccc21. The molecule has 0 aliphatic heterocycles. The third-order valence-corrected chi connectivity index (χ3v) is 5.35. The number of hydrogen-bond donors (Lipinski definition) is 0. The van der Waals surface area contributed by atoms with Crippen molar-refractivity contribution in [3.05, 3.63) is 112 Å². The zero-order valence-corrected chi connectivity index (χ0v) is 18.0. The maximum Gasteiger partial charge on any atom is 0.345 e. The summed E-state index contributed by atoms with van der Waals surface area (Å²) < 4.78 is 7.78. The van der Waals surface area contributed by atoms with Crippen LogP contribution in [0.25, 0.3) is 22.9 Å². The van der Waals surface area contributed by atoms with Gasteiger partial charge in [-0.1, -0.05) is 65.7 Å². The first-order valence-corrected chi connectivity index (χ1v) is 10.3. The normalized spacial score (nSPS) is 11.5. The summed E-state index contributed by atoms with van der Waals surface area (Å²) in [5.74, 6) is 0.308. The zero-order valence-electron chi connectivity index (χ0n) is 16.5. The molecule has 4 nitrogen and oxygen atoms in total. The molecule has 0 aliphatic rings. The Bertz CT molecular complexity index is 1310. The van der Waals surface area contributed by atoms with Gasteiger partial charge in [-0.15, -0.1) is 6.58 Å². The molecule has 0 aliphatic carbocycles. The number of esters is 1. The number of ether oxygens (including phenoxy) is 1. The Morgan fingerprint density at radius 1 is 0.935 bits per heavy atom. The van der Waals surface area contributed by atoms with Crippen molar-refractivity contribution >= 4 is 52.0 Å². The summed E-state index contributed by atoms with van der Waals surface area (Å²) in [4.78, 5) is 17.6. The van der Waals surface area contributed by atoms with Crippen LogP contribution in [-0.4, -0.2) is 15.5 Å². The average molecular weight is 449 g/mol. The van der Waals surface area contributed by atoms with E-state index < -0.39 is 5.97 Å². The molecule has 0 saturated carbocycles. The van der Waals surface area contributed by atoms with Crippen LogP contribution in [0.1, 0.15) is 21.7 Å². The predicted octanol–water partition coefficient (Wildman–Crippen LogP) is 6.88. The van der Waals surface area contributed by atoms with Crippen molar-refractivity contribution in [3.63, 3.8) is 0 Å². The molecule has 0 unspecified atom stereocenters. The highest BCUT2D eigenvalue weighted by Crippen LogP contribution is 2.29. The van der Waals surface area contributed by atoms with Crippen LogP contribution in [0.2, 0.25) is 10.0 Å². The molecule has 4 aromatic rings. The van der Waals surface area contributed by atoms with Crippen LogP contribution >= 0.6 is 23.2 Å². The molecule has 0 radical (unpaired) electrons. The first kappa shape index (κ1) is 20.9. The van der Waals surface area contributed by atoms with E-state index in [9.17, 15) is 4.79 Å². The van der Waals surface area contributed by atoms with Crippen molar-refractivity contribution in [2.45, 2.75) is 6.54 Å². The summed E-state index contributed by atoms with van der Waals surface area (Å²) in [6, 6.07) is 21.7. The van der Waals surface area contributed by atoms with Gasteiger partial charge < -0.3 is 9.30 Å². The van der Waals surface area contributed by atoms with Crippen molar-refractivity contribution in [3.8, 4) is 0 Å². The van der Waals surface area contributed by atoms with E-state index in [4.69, 9.17) is 32.9 Å². The molecule has 0 spiro atoms. The number of carbonyl (C=O) groups is 1. The second-order valence-corrected chi connectivity index (χ2v) is 7.53. The van der Waals surface area contributed by atoms with Gasteiger partial charge in [0, 0.05) is 18.2 Å². The minimum atomic E-state index is -0.580. The Morgan fingerprint density at radius 3 is 2.23 bits per heavy atom. The number of aromatic nitrogens is 2. The fourth-order valence-corrected chi connectivity index (χ4v) is 3.69. The summed E-state index contributed by atoms with van der Waals surface area (Å²) >= 11 is 12.6. The summed E-state index contributed by atoms with van der Waals surface area (Å²) in [5.41, 5.74) is 2.61. The van der Waals surface area contributed by atoms with E-state index in [1.54, 1.807) is 48.6 Å². The van der Waals surface area contributed by atoms with E-state index in [-0.39, 0.29) is 11.3 Å². The Hall–Kier alpha value is -3.34. The smallest absolute Gasteiger partial charge is 0.345 e. The largest absolute Gasteiger partial charge is 0.422 e. The number of halogens is 2. The molecule has 0 N–H and O–H groups in total. The van der Waals surface area contributed by atoms with E-state index >= 15 is 0 Å². The van der Waals surface area contributed by atoms with Gasteiger partial charge in [0.2, 0.25) is 0 Å². The Morgan fingerprint density at radius 2 is 1.55 bits per heavy atom. The minimum Gasteiger partial charge on any atom is -0.422 e. The van der Waals surface area contributed by atoms with Gasteiger partial charge in [-0.2, -0.15) is 0 Å². The lowest BCUT2D eigenvalue weighted by Crippen LogP contribution is -2.07. The number of carbonyl (C=O) groups excluding carboxylic acids is 1. The second kappa shape index (κ2) is 9.21. The molecule has 6 heteroatoms. The highest BCUT2D eigenvalue weighted by atomic mass is 35.5. The van der Waals surface area contributed by atoms with Crippen LogP contribution in [0.4, 0.5) is 0 Å². The summed E-state index contributed by atoms with van der Waals surface area (Å²) in [6.45, 7) is 4.38. The highest BCUT2D eigenvalue weighted by molar-refractivity contribution is 6.34. The van der Waals surface area contributed by atoms with E-state index in [0.717, 1.165) is 11.0 Å². The molecular weight excluding hydrogens is 431 g/mol. The van der Waals surface area contributed by atoms with Crippen molar-refractivity contribution < 1.29 is 9.53 Å². The average Bonchev–Trinajstić information content (AvgIpc) is 3.11. The summed E-state index contributed by atoms with van der Waals surface area (Å²) in [6.07, 6.45) is 3.50. The third kappa shape index (κ3) is 4.41. The lowest BCUT2D eigenvalue weighted by molar-refractivity contribution is 0.0694. The Balaban J connectivity index is 1.85. The van der Waals surface area contributed by atoms with Crippen LogP contribution in [0.15, 0.2) is 85.5 Å². The molecule has 0 atom stereocenters. The molecule has 4 rings (SSSR count). The van der Waals surface area contributed by atoms with Gasteiger partial charge in [0.05, 0.1) is 26.6 Å². The molecule has 0 saturated heterocycles. The van der Waals surface area contributed by atoms with Crippen molar-refractivity contribution in [1.82, 2.24) is 9.55 Å². The second-order valence-electron chi connectivity index (χ2n) is 6.72. The van der Waals surface area contributed by atoms with Crippen LogP contribution < -0.4 is 0 Å². The fraction of sp³-hybridized carbons (Fsp3) is 0.0400. The molecule has 31 heavy (non-hydrogen) atoms. The van der Waals surface area contributed by atoms with Gasteiger partial charge >= 0.3 is 5.97 Å². The number of fused-ring (bicyclic) bond motifs is 1. The maximum atomic E-state index is 12.9. The van der Waals surface area contributed by atoms with Crippen molar-refractivity contribution in [2.75, 3.05) is 0 Å². The third-order valence-electron chi connectivity index (χ3n) is 4.69. The topological polar surface area (TPSA) is 44.1 Å². The molecule has 0 fully saturated rings. The van der Waals surface area contributed by atoms with Crippen LogP contribution in [0, 0.1) is 0 Å². The van der Waals surface area contributed by atoms with E-state index in [0.29, 0.717) is 28.0 Å². The van der Waals surface area contributed by atoms with Gasteiger partial charge in [-0.3, -0.25) is 0 Å². The van der Waals surface area contributed by atoms with Crippen molar-refractivity contribution in [1.29, 1.82) is 0 Å². The summed E-state index contributed by atoms with van der Waals surface area (Å²) in [7, 11) is 0. The van der Waals surface area contributed by atoms with E-state index in [1.165, 1.54) is 0 Å². The molecule has 1 heterocycles. The van der Waals surface area contributed by atoms with Crippen LogP contribution in [-0.2, 0) is 11.3 Å². The standard InChI is InChI=1S/C25H18Cl2N2O2/c1-2-15-29-22-14-8-7-13-21(22)28-24(29)16-23(17-9-3-5-11-19(17)26)31-25(30)18-10-4-6-12-20(18)27/h2-14,16H,1,15H2/b23-16+. The van der Waals surface area contributed by atoms with Gasteiger partial charge in [0.1, 0.15) is 11.6 Å². The number of nitrogens with zero attached hydrogens (tertiary/aromatic N) is 2. The highest BCUT2D eigenvalue weighted by Gasteiger charge is 2.18. The minimum absolute atomic E-state index is 0.265. The molecule has 0 amide bonds. The van der Waals surface area contributed by atoms with E-state index in [1.807, 2.05) is 41.0 Å². The lowest BCUT2D eigenvalue weighted by Gasteiger charge is -2.12. The molecular formula is C25H18Cl2N2O2. The van der Waals surface area contributed by atoms with Gasteiger partial charge in [-0.25, -0.2) is 9.78 Å². The van der Waals surface area contributed by atoms with E-state index in [2.05, 4.69) is 6.58 Å². The Labute approximate surface area is 190 Å². The monoisotopic (exact) mass is 448 g/mol. The first-order valence-electron chi connectivity index (χ1n) is 9.58. The van der Waals surface area contributed by atoms with Gasteiger partial charge in [0.25, 0.3) is 0 Å². The molecule has 1 aromatic heterocycles. The number of para-hydroxylation sites is 2. The first-order chi connectivity index (χ1) is 15.1. The van der Waals surface area contributed by atoms with Gasteiger partial charge in [0.15, 0.2) is 0 Å². The lowest BCUT2D eigenvalue weighted by atomic mass is 10.1. The fourth-order valence-electron chi connectivity index (χ4n) is 3.25. The number of rotatable bonds is 6. The quantitative estimate of drug-likeness (QED) is 0.183. The number of allylic oxidation sites excluding steroid dienone is 1. The number of hydrogen-bond acceptors (Lipinski definition) is 3.